The van der Waals surface area contributed by atoms with Crippen LogP contribution in [0.2, 0.25) is 0 Å². The minimum atomic E-state index is 0.599. The molecule has 8 aromatic carbocycles. The molecule has 0 saturated carbocycles. The van der Waals surface area contributed by atoms with Crippen LogP contribution in [0.4, 0.5) is 0 Å². The fourth-order valence-corrected chi connectivity index (χ4v) is 9.13. The first-order valence-corrected chi connectivity index (χ1v) is 18.8. The molecule has 5 heterocycles. The third-order valence-electron chi connectivity index (χ3n) is 11.5. The third-order valence-corrected chi connectivity index (χ3v) is 11.5. The van der Waals surface area contributed by atoms with Gasteiger partial charge in [0.2, 0.25) is 5.95 Å². The molecule has 0 amide bonds. The van der Waals surface area contributed by atoms with E-state index in [4.69, 9.17) is 19.1 Å². The van der Waals surface area contributed by atoms with E-state index >= 15 is 0 Å². The molecule has 0 bridgehead atoms. The van der Waals surface area contributed by atoms with Crippen molar-refractivity contribution >= 4 is 76.5 Å². The van der Waals surface area contributed by atoms with Gasteiger partial charge in [0.25, 0.3) is 0 Å². The number of aromatic nitrogens is 4. The lowest BCUT2D eigenvalue weighted by Gasteiger charge is -2.22. The summed E-state index contributed by atoms with van der Waals surface area (Å²) in [7, 11) is 0. The van der Waals surface area contributed by atoms with Gasteiger partial charge in [-0.15, -0.1) is 0 Å². The van der Waals surface area contributed by atoms with Crippen molar-refractivity contribution in [3.63, 3.8) is 0 Å². The van der Waals surface area contributed by atoms with Crippen molar-refractivity contribution in [2.24, 2.45) is 0 Å². The van der Waals surface area contributed by atoms with Gasteiger partial charge in [0.15, 0.2) is 0 Å². The Labute approximate surface area is 319 Å². The highest BCUT2D eigenvalue weighted by Crippen LogP contribution is 2.48. The molecular weight excluding hydrogens is 689 g/mol. The molecule has 0 N–H and O–H groups in total. The molecule has 0 aliphatic carbocycles. The summed E-state index contributed by atoms with van der Waals surface area (Å²) in [6, 6.07) is 59.4. The van der Waals surface area contributed by atoms with Gasteiger partial charge >= 0.3 is 0 Å². The van der Waals surface area contributed by atoms with Crippen LogP contribution < -0.4 is 4.74 Å². The summed E-state index contributed by atoms with van der Waals surface area (Å²) < 4.78 is 17.6. The lowest BCUT2D eigenvalue weighted by molar-refractivity contribution is 0.486. The Kier molecular flexibility index (Phi) is 5.80. The first-order chi connectivity index (χ1) is 27.8. The molecular formula is C50H28N4O2. The minimum absolute atomic E-state index is 0.599. The van der Waals surface area contributed by atoms with Crippen LogP contribution >= 0.6 is 0 Å². The standard InChI is InChI=1S/C50H28N4O2/c1-2-12-29(13-3-1)31-26-27-43-45-46(31)51-50(52-47(45)38-17-7-11-21-42(38)55-43)54-40-19-9-5-15-33(40)37-25-24-36-32-14-4-8-18-39(32)53(48(36)49(37)54)30-22-23-35-34-16-6-10-20-41(34)56-44(35)28-30/h1-28H. The summed E-state index contributed by atoms with van der Waals surface area (Å²) in [6.45, 7) is 0. The van der Waals surface area contributed by atoms with Gasteiger partial charge in [0, 0.05) is 49.5 Å². The Bertz CT molecular complexity index is 3630. The summed E-state index contributed by atoms with van der Waals surface area (Å²) in [5.41, 5.74) is 11.8. The second-order valence-corrected chi connectivity index (χ2v) is 14.5. The number of furan rings is 1. The van der Waals surface area contributed by atoms with Crippen molar-refractivity contribution < 1.29 is 9.15 Å². The highest BCUT2D eigenvalue weighted by molar-refractivity contribution is 6.24. The predicted octanol–water partition coefficient (Wildman–Crippen LogP) is 13.2. The number of hydrogen-bond donors (Lipinski definition) is 0. The van der Waals surface area contributed by atoms with Gasteiger partial charge in [-0.1, -0.05) is 109 Å². The number of ether oxygens (including phenoxy) is 1. The minimum Gasteiger partial charge on any atom is -0.456 e. The normalized spacial score (nSPS) is 12.4. The van der Waals surface area contributed by atoms with Gasteiger partial charge < -0.3 is 13.7 Å². The molecule has 0 spiro atoms. The van der Waals surface area contributed by atoms with Crippen LogP contribution in [0.15, 0.2) is 174 Å². The highest BCUT2D eigenvalue weighted by Gasteiger charge is 2.28. The quantitative estimate of drug-likeness (QED) is 0.183. The number of fused-ring (bicyclic) bond motifs is 12. The van der Waals surface area contributed by atoms with Crippen LogP contribution in [-0.4, -0.2) is 19.1 Å². The number of para-hydroxylation sites is 4. The van der Waals surface area contributed by atoms with E-state index in [0.717, 1.165) is 111 Å². The maximum absolute atomic E-state index is 6.52. The van der Waals surface area contributed by atoms with Crippen molar-refractivity contribution in [1.82, 2.24) is 19.1 Å². The second kappa shape index (κ2) is 10.9. The zero-order chi connectivity index (χ0) is 36.5. The zero-order valence-corrected chi connectivity index (χ0v) is 29.8. The van der Waals surface area contributed by atoms with Gasteiger partial charge in [-0.2, -0.15) is 0 Å². The maximum atomic E-state index is 6.52. The number of rotatable bonds is 3. The van der Waals surface area contributed by atoms with E-state index in [1.807, 2.05) is 36.4 Å². The van der Waals surface area contributed by atoms with Crippen LogP contribution in [0, 0.1) is 0 Å². The average Bonchev–Trinajstić information content (AvgIpc) is 3.91. The van der Waals surface area contributed by atoms with Gasteiger partial charge in [-0.3, -0.25) is 4.57 Å². The Morgan fingerprint density at radius 2 is 1.07 bits per heavy atom. The van der Waals surface area contributed by atoms with E-state index in [0.29, 0.717) is 5.95 Å². The lowest BCUT2D eigenvalue weighted by Crippen LogP contribution is -2.08. The first-order valence-electron chi connectivity index (χ1n) is 18.8. The van der Waals surface area contributed by atoms with Crippen LogP contribution in [0.5, 0.6) is 11.5 Å². The van der Waals surface area contributed by atoms with Gasteiger partial charge in [0.1, 0.15) is 22.7 Å². The Morgan fingerprint density at radius 3 is 1.89 bits per heavy atom. The molecule has 4 aromatic heterocycles. The van der Waals surface area contributed by atoms with Gasteiger partial charge in [0.05, 0.1) is 44.4 Å². The van der Waals surface area contributed by atoms with Gasteiger partial charge in [-0.05, 0) is 60.2 Å². The van der Waals surface area contributed by atoms with Gasteiger partial charge in [-0.25, -0.2) is 9.97 Å². The molecule has 0 saturated heterocycles. The van der Waals surface area contributed by atoms with Crippen LogP contribution in [0.3, 0.4) is 0 Å². The van der Waals surface area contributed by atoms with Crippen molar-refractivity contribution in [1.29, 1.82) is 0 Å². The number of nitrogens with zero attached hydrogens (tertiary/aromatic N) is 4. The smallest absolute Gasteiger partial charge is 0.235 e. The summed E-state index contributed by atoms with van der Waals surface area (Å²) in [5.74, 6) is 2.14. The average molecular weight is 717 g/mol. The number of benzene rings is 8. The summed E-state index contributed by atoms with van der Waals surface area (Å²) in [6.07, 6.45) is 0. The van der Waals surface area contributed by atoms with Crippen molar-refractivity contribution in [3.8, 4) is 45.5 Å². The fraction of sp³-hybridized carbons (Fsp3) is 0. The predicted molar refractivity (Wildman–Crippen MR) is 226 cm³/mol. The third kappa shape index (κ3) is 3.94. The van der Waals surface area contributed by atoms with Crippen molar-refractivity contribution in [2.45, 2.75) is 0 Å². The molecule has 0 atom stereocenters. The SMILES string of the molecule is c1ccc(-c2ccc3c4c(nc(-n5c6ccccc6c6ccc7c8ccccc8n(-c8ccc9c(c8)oc8ccccc89)c7c65)nc24)-c2ccccc2O3)cc1. The summed E-state index contributed by atoms with van der Waals surface area (Å²) in [5, 5.41) is 7.69. The van der Waals surface area contributed by atoms with Crippen LogP contribution in [0.25, 0.3) is 110 Å². The Morgan fingerprint density at radius 1 is 0.429 bits per heavy atom. The molecule has 6 heteroatoms. The molecule has 260 valence electrons. The number of hydrogen-bond acceptors (Lipinski definition) is 4. The molecule has 0 radical (unpaired) electrons. The second-order valence-electron chi connectivity index (χ2n) is 14.5. The maximum Gasteiger partial charge on any atom is 0.235 e. The molecule has 1 aliphatic heterocycles. The first kappa shape index (κ1) is 29.7. The van der Waals surface area contributed by atoms with E-state index in [1.165, 1.54) is 5.39 Å². The van der Waals surface area contributed by atoms with Crippen LogP contribution in [0.1, 0.15) is 0 Å². The lowest BCUT2D eigenvalue weighted by atomic mass is 9.96. The fourth-order valence-electron chi connectivity index (χ4n) is 9.13. The largest absolute Gasteiger partial charge is 0.456 e. The topological polar surface area (TPSA) is 58.0 Å². The van der Waals surface area contributed by atoms with Crippen LogP contribution in [-0.2, 0) is 0 Å². The van der Waals surface area contributed by atoms with Crippen molar-refractivity contribution in [3.05, 3.63) is 170 Å². The Hall–Kier alpha value is -7.70. The van der Waals surface area contributed by atoms with E-state index in [2.05, 4.69) is 143 Å². The zero-order valence-electron chi connectivity index (χ0n) is 29.8. The van der Waals surface area contributed by atoms with E-state index in [1.54, 1.807) is 0 Å². The molecule has 56 heavy (non-hydrogen) atoms. The van der Waals surface area contributed by atoms with E-state index in [-0.39, 0.29) is 0 Å². The monoisotopic (exact) mass is 716 g/mol. The Balaban J connectivity index is 1.20. The molecule has 13 rings (SSSR count). The molecule has 1 aliphatic rings. The highest BCUT2D eigenvalue weighted by atomic mass is 16.5. The van der Waals surface area contributed by atoms with E-state index in [9.17, 15) is 0 Å². The summed E-state index contributed by atoms with van der Waals surface area (Å²) in [4.78, 5) is 11.1. The molecule has 0 unspecified atom stereocenters. The molecule has 6 nitrogen and oxygen atoms in total. The van der Waals surface area contributed by atoms with Crippen molar-refractivity contribution in [2.75, 3.05) is 0 Å². The molecule has 12 aromatic rings. The molecule has 0 fully saturated rings. The summed E-state index contributed by atoms with van der Waals surface area (Å²) >= 11 is 0. The van der Waals surface area contributed by atoms with E-state index < -0.39 is 0 Å².